The Bertz CT molecular complexity index is 573. The molecule has 1 aliphatic heterocycles. The van der Waals surface area contributed by atoms with Crippen LogP contribution < -0.4 is 5.32 Å². The van der Waals surface area contributed by atoms with Gasteiger partial charge >= 0.3 is 6.03 Å². The molecule has 27 heavy (non-hydrogen) atoms. The van der Waals surface area contributed by atoms with Crippen molar-refractivity contribution >= 4 is 6.03 Å². The molecule has 3 rings (SSSR count). The number of hydrogen-bond acceptors (Lipinski definition) is 3. The van der Waals surface area contributed by atoms with E-state index in [-0.39, 0.29) is 12.1 Å². The van der Waals surface area contributed by atoms with Crippen molar-refractivity contribution in [2.75, 3.05) is 46.8 Å². The molecule has 0 radical (unpaired) electrons. The van der Waals surface area contributed by atoms with Crippen LogP contribution in [0.2, 0.25) is 0 Å². The van der Waals surface area contributed by atoms with Gasteiger partial charge in [0.05, 0.1) is 6.04 Å². The molecule has 1 saturated carbocycles. The highest BCUT2D eigenvalue weighted by Gasteiger charge is 2.30. The van der Waals surface area contributed by atoms with E-state index in [1.165, 1.54) is 37.7 Å². The van der Waals surface area contributed by atoms with Gasteiger partial charge in [-0.2, -0.15) is 0 Å². The van der Waals surface area contributed by atoms with Crippen LogP contribution in [0.5, 0.6) is 0 Å². The smallest absolute Gasteiger partial charge is 0.318 e. The van der Waals surface area contributed by atoms with E-state index >= 15 is 0 Å². The maximum absolute atomic E-state index is 12.8. The maximum Gasteiger partial charge on any atom is 0.318 e. The van der Waals surface area contributed by atoms with Crippen molar-refractivity contribution in [3.63, 3.8) is 0 Å². The zero-order valence-corrected chi connectivity index (χ0v) is 17.1. The van der Waals surface area contributed by atoms with Gasteiger partial charge in [0.25, 0.3) is 0 Å². The summed E-state index contributed by atoms with van der Waals surface area (Å²) in [6.45, 7) is 4.42. The van der Waals surface area contributed by atoms with Crippen molar-refractivity contribution in [3.05, 3.63) is 35.9 Å². The number of benzene rings is 1. The van der Waals surface area contributed by atoms with Crippen molar-refractivity contribution in [1.29, 1.82) is 0 Å². The first-order valence-corrected chi connectivity index (χ1v) is 10.6. The van der Waals surface area contributed by atoms with Gasteiger partial charge in [0.2, 0.25) is 0 Å². The Hall–Kier alpha value is -1.59. The Morgan fingerprint density at radius 3 is 2.63 bits per heavy atom. The third-order valence-corrected chi connectivity index (χ3v) is 6.19. The van der Waals surface area contributed by atoms with Gasteiger partial charge < -0.3 is 20.0 Å². The number of rotatable bonds is 6. The zero-order valence-electron chi connectivity index (χ0n) is 17.1. The lowest BCUT2D eigenvalue weighted by molar-refractivity contribution is 0.108. The molecule has 0 spiro atoms. The van der Waals surface area contributed by atoms with E-state index in [0.717, 1.165) is 45.2 Å². The summed E-state index contributed by atoms with van der Waals surface area (Å²) >= 11 is 0. The lowest BCUT2D eigenvalue weighted by Crippen LogP contribution is -2.52. The van der Waals surface area contributed by atoms with E-state index in [9.17, 15) is 4.79 Å². The lowest BCUT2D eigenvalue weighted by atomic mass is 9.94. The largest absolute Gasteiger partial charge is 0.338 e. The number of carbonyl (C=O) groups excluding carboxylic acids is 1. The second-order valence-electron chi connectivity index (χ2n) is 8.24. The SMILES string of the molecule is CN1CCN(C(=O)NCCCN(C)C2CCCCC2)C(c2ccccc2)C1. The highest BCUT2D eigenvalue weighted by molar-refractivity contribution is 5.75. The minimum absolute atomic E-state index is 0.0808. The van der Waals surface area contributed by atoms with Crippen LogP contribution in [0.3, 0.4) is 0 Å². The normalized spacial score (nSPS) is 22.2. The zero-order chi connectivity index (χ0) is 19.1. The van der Waals surface area contributed by atoms with E-state index in [2.05, 4.69) is 53.5 Å². The van der Waals surface area contributed by atoms with E-state index in [1.54, 1.807) is 0 Å². The Kier molecular flexibility index (Phi) is 7.53. The van der Waals surface area contributed by atoms with Crippen LogP contribution in [-0.4, -0.2) is 73.6 Å². The predicted molar refractivity (Wildman–Crippen MR) is 111 cm³/mol. The molecule has 2 aliphatic rings. The van der Waals surface area contributed by atoms with E-state index < -0.39 is 0 Å². The van der Waals surface area contributed by atoms with Crippen LogP contribution >= 0.6 is 0 Å². The van der Waals surface area contributed by atoms with Gasteiger partial charge in [-0.05, 0) is 45.5 Å². The number of nitrogens with one attached hydrogen (secondary N) is 1. The van der Waals surface area contributed by atoms with Crippen molar-refractivity contribution in [2.24, 2.45) is 0 Å². The molecule has 5 nitrogen and oxygen atoms in total. The van der Waals surface area contributed by atoms with Crippen LogP contribution in [0.1, 0.15) is 50.1 Å². The summed E-state index contributed by atoms with van der Waals surface area (Å²) in [5.74, 6) is 0. The van der Waals surface area contributed by atoms with Crippen molar-refractivity contribution < 1.29 is 4.79 Å². The quantitative estimate of drug-likeness (QED) is 0.779. The minimum Gasteiger partial charge on any atom is -0.338 e. The van der Waals surface area contributed by atoms with Gasteiger partial charge in [0, 0.05) is 32.2 Å². The first kappa shape index (κ1) is 20.2. The fourth-order valence-electron chi connectivity index (χ4n) is 4.45. The molecular formula is C22H36N4O. The molecular weight excluding hydrogens is 336 g/mol. The number of amides is 2. The van der Waals surface area contributed by atoms with Crippen LogP contribution in [0, 0.1) is 0 Å². The highest BCUT2D eigenvalue weighted by Crippen LogP contribution is 2.25. The van der Waals surface area contributed by atoms with E-state index in [1.807, 2.05) is 11.0 Å². The summed E-state index contributed by atoms with van der Waals surface area (Å²) in [5.41, 5.74) is 1.22. The molecule has 2 fully saturated rings. The van der Waals surface area contributed by atoms with Gasteiger partial charge in [-0.15, -0.1) is 0 Å². The molecule has 1 heterocycles. The number of carbonyl (C=O) groups is 1. The standard InChI is InChI=1S/C22H36N4O/c1-24-16-17-26(21(18-24)19-10-5-3-6-11-19)22(27)23-14-9-15-25(2)20-12-7-4-8-13-20/h3,5-6,10-11,20-21H,4,7-9,12-18H2,1-2H3,(H,23,27). The Balaban J connectivity index is 1.46. The summed E-state index contributed by atoms with van der Waals surface area (Å²) in [5, 5.41) is 3.17. The highest BCUT2D eigenvalue weighted by atomic mass is 16.2. The molecule has 150 valence electrons. The summed E-state index contributed by atoms with van der Waals surface area (Å²) in [6.07, 6.45) is 7.83. The first-order chi connectivity index (χ1) is 13.1. The van der Waals surface area contributed by atoms with E-state index in [4.69, 9.17) is 0 Å². The average molecular weight is 373 g/mol. The minimum atomic E-state index is 0.0808. The van der Waals surface area contributed by atoms with Gasteiger partial charge in [0.1, 0.15) is 0 Å². The van der Waals surface area contributed by atoms with E-state index in [0.29, 0.717) is 0 Å². The van der Waals surface area contributed by atoms with Gasteiger partial charge in [0.15, 0.2) is 0 Å². The molecule has 2 amide bonds. The van der Waals surface area contributed by atoms with Gasteiger partial charge in [-0.1, -0.05) is 49.6 Å². The first-order valence-electron chi connectivity index (χ1n) is 10.6. The maximum atomic E-state index is 12.8. The summed E-state index contributed by atoms with van der Waals surface area (Å²) in [4.78, 5) is 19.6. The topological polar surface area (TPSA) is 38.8 Å². The third kappa shape index (κ3) is 5.69. The predicted octanol–water partition coefficient (Wildman–Crippen LogP) is 3.34. The average Bonchev–Trinajstić information content (AvgIpc) is 2.72. The second-order valence-corrected chi connectivity index (χ2v) is 8.24. The van der Waals surface area contributed by atoms with Gasteiger partial charge in [-0.3, -0.25) is 0 Å². The van der Waals surface area contributed by atoms with Crippen molar-refractivity contribution in [2.45, 2.75) is 50.6 Å². The number of nitrogens with zero attached hydrogens (tertiary/aromatic N) is 3. The fraction of sp³-hybridized carbons (Fsp3) is 0.682. The Morgan fingerprint density at radius 2 is 1.89 bits per heavy atom. The molecule has 1 unspecified atom stereocenters. The van der Waals surface area contributed by atoms with Crippen LogP contribution in [0.15, 0.2) is 30.3 Å². The summed E-state index contributed by atoms with van der Waals surface area (Å²) in [7, 11) is 4.37. The fourth-order valence-corrected chi connectivity index (χ4v) is 4.45. The number of piperazine rings is 1. The summed E-state index contributed by atoms with van der Waals surface area (Å²) in [6, 6.07) is 11.4. The Morgan fingerprint density at radius 1 is 1.15 bits per heavy atom. The molecule has 1 aliphatic carbocycles. The molecule has 1 N–H and O–H groups in total. The van der Waals surface area contributed by atoms with Crippen molar-refractivity contribution in [3.8, 4) is 0 Å². The van der Waals surface area contributed by atoms with Crippen molar-refractivity contribution in [1.82, 2.24) is 20.0 Å². The Labute approximate surface area is 164 Å². The van der Waals surface area contributed by atoms with Gasteiger partial charge in [-0.25, -0.2) is 4.79 Å². The van der Waals surface area contributed by atoms with Crippen LogP contribution in [0.4, 0.5) is 4.79 Å². The second kappa shape index (κ2) is 10.1. The number of urea groups is 1. The number of likely N-dealkylation sites (N-methyl/N-ethyl adjacent to an activating group) is 1. The molecule has 1 saturated heterocycles. The molecule has 0 bridgehead atoms. The van der Waals surface area contributed by atoms with Crippen LogP contribution in [-0.2, 0) is 0 Å². The molecule has 1 atom stereocenters. The molecule has 5 heteroatoms. The monoisotopic (exact) mass is 372 g/mol. The molecule has 1 aromatic rings. The third-order valence-electron chi connectivity index (χ3n) is 6.19. The summed E-state index contributed by atoms with van der Waals surface area (Å²) < 4.78 is 0. The molecule has 0 aromatic heterocycles. The lowest BCUT2D eigenvalue weighted by Gasteiger charge is -2.40. The molecule has 1 aromatic carbocycles. The number of hydrogen-bond donors (Lipinski definition) is 1. The van der Waals surface area contributed by atoms with Crippen LogP contribution in [0.25, 0.3) is 0 Å².